The van der Waals surface area contributed by atoms with E-state index in [1.165, 1.54) is 5.56 Å². The molecule has 0 atom stereocenters. The predicted octanol–water partition coefficient (Wildman–Crippen LogP) is 3.86. The molecule has 2 aromatic carbocycles. The zero-order valence-corrected chi connectivity index (χ0v) is 16.5. The van der Waals surface area contributed by atoms with Gasteiger partial charge in [-0.3, -0.25) is 9.69 Å². The average molecular weight is 390 g/mol. The summed E-state index contributed by atoms with van der Waals surface area (Å²) in [5.74, 6) is 1.11. The van der Waals surface area contributed by atoms with Crippen molar-refractivity contribution in [3.05, 3.63) is 89.9 Å². The van der Waals surface area contributed by atoms with Crippen molar-refractivity contribution in [1.29, 1.82) is 0 Å². The van der Waals surface area contributed by atoms with Crippen LogP contribution < -0.4 is 4.74 Å². The van der Waals surface area contributed by atoms with Crippen molar-refractivity contribution in [2.24, 2.45) is 0 Å². The first-order chi connectivity index (χ1) is 14.3. The molecule has 1 amide bonds. The van der Waals surface area contributed by atoms with Crippen molar-refractivity contribution in [3.8, 4) is 5.75 Å². The van der Waals surface area contributed by atoms with Gasteiger partial charge < -0.3 is 14.1 Å². The first-order valence-electron chi connectivity index (χ1n) is 10.1. The minimum Gasteiger partial charge on any atom is -0.489 e. The molecule has 1 aliphatic rings. The fourth-order valence-electron chi connectivity index (χ4n) is 3.56. The summed E-state index contributed by atoms with van der Waals surface area (Å²) in [6.07, 6.45) is 2.60. The highest BCUT2D eigenvalue weighted by Crippen LogP contribution is 2.18. The number of carbonyl (C=O) groups is 1. The molecule has 5 nitrogen and oxygen atoms in total. The summed E-state index contributed by atoms with van der Waals surface area (Å²) in [5, 5.41) is 0. The van der Waals surface area contributed by atoms with Crippen LogP contribution in [0.2, 0.25) is 0 Å². The Morgan fingerprint density at radius 1 is 0.897 bits per heavy atom. The van der Waals surface area contributed by atoms with Gasteiger partial charge in [0.15, 0.2) is 5.76 Å². The third-order valence-corrected chi connectivity index (χ3v) is 5.30. The Balaban J connectivity index is 1.28. The molecule has 3 aromatic rings. The van der Waals surface area contributed by atoms with Crippen molar-refractivity contribution in [2.45, 2.75) is 13.0 Å². The highest BCUT2D eigenvalue weighted by molar-refractivity contribution is 5.93. The number of amides is 1. The molecule has 0 N–H and O–H groups in total. The van der Waals surface area contributed by atoms with Crippen LogP contribution >= 0.6 is 0 Å². The van der Waals surface area contributed by atoms with E-state index in [4.69, 9.17) is 9.15 Å². The molecule has 0 saturated carbocycles. The first-order valence-corrected chi connectivity index (χ1v) is 10.1. The number of benzene rings is 2. The topological polar surface area (TPSA) is 45.9 Å². The van der Waals surface area contributed by atoms with Crippen LogP contribution in [0.15, 0.2) is 77.4 Å². The molecule has 0 unspecified atom stereocenters. The number of furan rings is 1. The zero-order valence-electron chi connectivity index (χ0n) is 16.5. The van der Waals surface area contributed by atoms with E-state index in [1.54, 1.807) is 6.26 Å². The summed E-state index contributed by atoms with van der Waals surface area (Å²) < 4.78 is 11.3. The normalized spacial score (nSPS) is 14.7. The quantitative estimate of drug-likeness (QED) is 0.615. The molecule has 4 rings (SSSR count). The highest BCUT2D eigenvalue weighted by atomic mass is 16.5. The fourth-order valence-corrected chi connectivity index (χ4v) is 3.56. The SMILES string of the molecule is O=C(c1occc1COc1ccccc1)N1CCN(CCc2ccccc2)CC1. The van der Waals surface area contributed by atoms with E-state index in [0.717, 1.165) is 37.4 Å². The monoisotopic (exact) mass is 390 g/mol. The number of para-hydroxylation sites is 1. The van der Waals surface area contributed by atoms with E-state index in [2.05, 4.69) is 29.2 Å². The molecular formula is C24H26N2O3. The van der Waals surface area contributed by atoms with Gasteiger partial charge >= 0.3 is 0 Å². The lowest BCUT2D eigenvalue weighted by molar-refractivity contribution is 0.0604. The van der Waals surface area contributed by atoms with Gasteiger partial charge in [-0.25, -0.2) is 0 Å². The maximum absolute atomic E-state index is 12.9. The van der Waals surface area contributed by atoms with Crippen molar-refractivity contribution in [3.63, 3.8) is 0 Å². The molecular weight excluding hydrogens is 364 g/mol. The smallest absolute Gasteiger partial charge is 0.290 e. The second-order valence-electron chi connectivity index (χ2n) is 7.25. The van der Waals surface area contributed by atoms with E-state index >= 15 is 0 Å². The van der Waals surface area contributed by atoms with Crippen molar-refractivity contribution >= 4 is 5.91 Å². The van der Waals surface area contributed by atoms with Crippen molar-refractivity contribution < 1.29 is 13.9 Å². The third-order valence-electron chi connectivity index (χ3n) is 5.30. The van der Waals surface area contributed by atoms with Crippen LogP contribution in [0.4, 0.5) is 0 Å². The lowest BCUT2D eigenvalue weighted by Crippen LogP contribution is -2.49. The van der Waals surface area contributed by atoms with Crippen LogP contribution in [0.3, 0.4) is 0 Å². The molecule has 150 valence electrons. The first kappa shape index (κ1) is 19.3. The lowest BCUT2D eigenvalue weighted by Gasteiger charge is -2.34. The lowest BCUT2D eigenvalue weighted by atomic mass is 10.1. The van der Waals surface area contributed by atoms with E-state index in [1.807, 2.05) is 47.4 Å². The van der Waals surface area contributed by atoms with Gasteiger partial charge in [0.2, 0.25) is 0 Å². The molecule has 0 bridgehead atoms. The van der Waals surface area contributed by atoms with Gasteiger partial charge in [-0.15, -0.1) is 0 Å². The molecule has 0 spiro atoms. The summed E-state index contributed by atoms with van der Waals surface area (Å²) in [6.45, 7) is 4.53. The summed E-state index contributed by atoms with van der Waals surface area (Å²) in [5.41, 5.74) is 2.13. The number of rotatable bonds is 7. The van der Waals surface area contributed by atoms with Crippen LogP contribution in [0.25, 0.3) is 0 Å². The molecule has 1 aliphatic heterocycles. The Bertz CT molecular complexity index is 900. The molecule has 0 aliphatic carbocycles. The highest BCUT2D eigenvalue weighted by Gasteiger charge is 2.26. The molecule has 5 heteroatoms. The largest absolute Gasteiger partial charge is 0.489 e. The van der Waals surface area contributed by atoms with Crippen molar-refractivity contribution in [1.82, 2.24) is 9.80 Å². The molecule has 1 aromatic heterocycles. The van der Waals surface area contributed by atoms with Gasteiger partial charge in [0.05, 0.1) is 6.26 Å². The Morgan fingerprint density at radius 3 is 2.31 bits per heavy atom. The number of piperazine rings is 1. The second-order valence-corrected chi connectivity index (χ2v) is 7.25. The zero-order chi connectivity index (χ0) is 19.9. The minimum atomic E-state index is -0.0515. The number of hydrogen-bond donors (Lipinski definition) is 0. The van der Waals surface area contributed by atoms with E-state index < -0.39 is 0 Å². The maximum atomic E-state index is 12.9. The van der Waals surface area contributed by atoms with Gasteiger partial charge in [0.25, 0.3) is 5.91 Å². The maximum Gasteiger partial charge on any atom is 0.290 e. The molecule has 0 radical (unpaired) electrons. The van der Waals surface area contributed by atoms with Crippen LogP contribution in [-0.4, -0.2) is 48.4 Å². The Morgan fingerprint density at radius 2 is 1.59 bits per heavy atom. The number of hydrogen-bond acceptors (Lipinski definition) is 4. The average Bonchev–Trinajstić information content (AvgIpc) is 3.26. The molecule has 1 fully saturated rings. The fraction of sp³-hybridized carbons (Fsp3) is 0.292. The van der Waals surface area contributed by atoms with Gasteiger partial charge in [0, 0.05) is 38.3 Å². The third kappa shape index (κ3) is 5.06. The molecule has 29 heavy (non-hydrogen) atoms. The van der Waals surface area contributed by atoms with Gasteiger partial charge in [-0.1, -0.05) is 48.5 Å². The van der Waals surface area contributed by atoms with Crippen LogP contribution in [-0.2, 0) is 13.0 Å². The van der Waals surface area contributed by atoms with Crippen molar-refractivity contribution in [2.75, 3.05) is 32.7 Å². The summed E-state index contributed by atoms with van der Waals surface area (Å²) >= 11 is 0. The summed E-state index contributed by atoms with van der Waals surface area (Å²) in [4.78, 5) is 17.2. The van der Waals surface area contributed by atoms with Crippen LogP contribution in [0, 0.1) is 0 Å². The Hall–Kier alpha value is -3.05. The van der Waals surface area contributed by atoms with Gasteiger partial charge in [-0.05, 0) is 30.2 Å². The van der Waals surface area contributed by atoms with Gasteiger partial charge in [0.1, 0.15) is 12.4 Å². The van der Waals surface area contributed by atoms with Gasteiger partial charge in [-0.2, -0.15) is 0 Å². The predicted molar refractivity (Wildman–Crippen MR) is 112 cm³/mol. The van der Waals surface area contributed by atoms with Crippen LogP contribution in [0.5, 0.6) is 5.75 Å². The number of nitrogens with zero attached hydrogens (tertiary/aromatic N) is 2. The standard InChI is InChI=1S/C24H26N2O3/c27-24(23-21(12-18-28-23)19-29-22-9-5-2-6-10-22)26-16-14-25(15-17-26)13-11-20-7-3-1-4-8-20/h1-10,12,18H,11,13-17,19H2. The number of ether oxygens (including phenoxy) is 1. The summed E-state index contributed by atoms with van der Waals surface area (Å²) in [6, 6.07) is 21.9. The number of carbonyl (C=O) groups excluding carboxylic acids is 1. The van der Waals surface area contributed by atoms with E-state index in [0.29, 0.717) is 25.5 Å². The molecule has 1 saturated heterocycles. The molecule has 2 heterocycles. The Kier molecular flexibility index (Phi) is 6.27. The van der Waals surface area contributed by atoms with E-state index in [-0.39, 0.29) is 5.91 Å². The Labute approximate surface area is 171 Å². The minimum absolute atomic E-state index is 0.0515. The van der Waals surface area contributed by atoms with Crippen LogP contribution in [0.1, 0.15) is 21.7 Å². The second kappa shape index (κ2) is 9.43. The summed E-state index contributed by atoms with van der Waals surface area (Å²) in [7, 11) is 0. The van der Waals surface area contributed by atoms with E-state index in [9.17, 15) is 4.79 Å².